The number of piperazine rings is 1. The summed E-state index contributed by atoms with van der Waals surface area (Å²) in [5.41, 5.74) is 2.46. The van der Waals surface area contributed by atoms with Gasteiger partial charge in [0.15, 0.2) is 0 Å². The Morgan fingerprint density at radius 1 is 0.974 bits per heavy atom. The molecule has 0 spiro atoms. The summed E-state index contributed by atoms with van der Waals surface area (Å²) < 4.78 is 0. The molecule has 3 aromatic rings. The first-order chi connectivity index (χ1) is 18.9. The van der Waals surface area contributed by atoms with Crippen molar-refractivity contribution in [1.29, 1.82) is 0 Å². The van der Waals surface area contributed by atoms with Crippen LogP contribution in [0.2, 0.25) is 0 Å². The fraction of sp³-hybridized carbons (Fsp3) is 0.310. The minimum absolute atomic E-state index is 0.103. The number of anilines is 1. The Bertz CT molecular complexity index is 1310. The summed E-state index contributed by atoms with van der Waals surface area (Å²) in [7, 11) is 2.00. The van der Waals surface area contributed by atoms with Crippen molar-refractivity contribution in [3.05, 3.63) is 65.9 Å². The molecule has 0 radical (unpaired) electrons. The van der Waals surface area contributed by atoms with Crippen LogP contribution in [0.4, 0.5) is 10.5 Å². The zero-order chi connectivity index (χ0) is 28.4. The van der Waals surface area contributed by atoms with Crippen molar-refractivity contribution in [2.75, 3.05) is 63.6 Å². The Kier molecular flexibility index (Phi) is 10.7. The number of amides is 3. The van der Waals surface area contributed by atoms with Crippen LogP contribution in [0.5, 0.6) is 0 Å². The number of alkyl halides is 1. The number of carbonyl (C=O) groups is 4. The van der Waals surface area contributed by atoms with Crippen molar-refractivity contribution in [2.24, 2.45) is 0 Å². The van der Waals surface area contributed by atoms with Gasteiger partial charge in [-0.05, 0) is 13.1 Å². The van der Waals surface area contributed by atoms with Gasteiger partial charge in [-0.2, -0.15) is 0 Å². The van der Waals surface area contributed by atoms with Gasteiger partial charge in [0, 0.05) is 68.8 Å². The van der Waals surface area contributed by atoms with Crippen molar-refractivity contribution < 1.29 is 19.2 Å². The molecular formula is C29H32ClN5O4. The number of hydrogen-bond donors (Lipinski definition) is 1. The van der Waals surface area contributed by atoms with E-state index in [0.717, 1.165) is 24.9 Å². The lowest BCUT2D eigenvalue weighted by atomic mass is 10.1. The topological polar surface area (TPSA) is 97.0 Å². The lowest BCUT2D eigenvalue weighted by Crippen LogP contribution is -2.49. The second-order valence-electron chi connectivity index (χ2n) is 8.97. The van der Waals surface area contributed by atoms with Gasteiger partial charge in [0.05, 0.1) is 16.8 Å². The Hall–Kier alpha value is -4.13. The number of Topliss-reactive ketones (excluding diaryl/α,β-unsaturated/α-hetero) is 1. The van der Waals surface area contributed by atoms with E-state index >= 15 is 0 Å². The fourth-order valence-electron chi connectivity index (χ4n) is 4.47. The average molecular weight is 550 g/mol. The van der Waals surface area contributed by atoms with Crippen LogP contribution >= 0.6 is 11.6 Å². The van der Waals surface area contributed by atoms with Gasteiger partial charge < -0.3 is 19.7 Å². The van der Waals surface area contributed by atoms with E-state index in [1.807, 2.05) is 31.3 Å². The van der Waals surface area contributed by atoms with Crippen LogP contribution in [-0.2, 0) is 4.79 Å². The van der Waals surface area contributed by atoms with Crippen molar-refractivity contribution in [1.82, 2.24) is 19.7 Å². The predicted molar refractivity (Wildman–Crippen MR) is 153 cm³/mol. The molecule has 3 heterocycles. The number of rotatable bonds is 6. The van der Waals surface area contributed by atoms with Gasteiger partial charge in [0.25, 0.3) is 11.7 Å². The Balaban J connectivity index is 0.000000357. The number of urea groups is 1. The zero-order valence-corrected chi connectivity index (χ0v) is 22.6. The number of halogens is 1. The van der Waals surface area contributed by atoms with E-state index in [1.54, 1.807) is 45.2 Å². The largest absolute Gasteiger partial charge is 0.359 e. The van der Waals surface area contributed by atoms with Crippen LogP contribution in [0.1, 0.15) is 20.7 Å². The minimum Gasteiger partial charge on any atom is -0.359 e. The lowest BCUT2D eigenvalue weighted by molar-refractivity contribution is -0.127. The van der Waals surface area contributed by atoms with Gasteiger partial charge in [-0.25, -0.2) is 4.79 Å². The number of hydrogen-bond acceptors (Lipinski definition) is 5. The van der Waals surface area contributed by atoms with Crippen LogP contribution in [0, 0.1) is 12.8 Å². The molecule has 0 bridgehead atoms. The maximum Gasteiger partial charge on any atom is 0.324 e. The van der Waals surface area contributed by atoms with E-state index in [-0.39, 0.29) is 6.03 Å². The summed E-state index contributed by atoms with van der Waals surface area (Å²) in [6.07, 6.45) is 10.4. The molecule has 3 amide bonds. The zero-order valence-electron chi connectivity index (χ0n) is 21.9. The van der Waals surface area contributed by atoms with Crippen molar-refractivity contribution in [3.8, 4) is 12.8 Å². The van der Waals surface area contributed by atoms with E-state index in [4.69, 9.17) is 11.6 Å². The van der Waals surface area contributed by atoms with Gasteiger partial charge in [-0.1, -0.05) is 42.5 Å². The first-order valence-corrected chi connectivity index (χ1v) is 13.1. The number of para-hydroxylation sites is 1. The molecule has 2 saturated heterocycles. The van der Waals surface area contributed by atoms with E-state index in [2.05, 4.69) is 22.7 Å². The van der Waals surface area contributed by atoms with E-state index in [0.29, 0.717) is 60.8 Å². The molecule has 1 N–H and O–H groups in total. The van der Waals surface area contributed by atoms with Gasteiger partial charge in [-0.3, -0.25) is 19.3 Å². The third kappa shape index (κ3) is 6.85. The smallest absolute Gasteiger partial charge is 0.324 e. The highest BCUT2D eigenvalue weighted by Gasteiger charge is 2.32. The summed E-state index contributed by atoms with van der Waals surface area (Å²) >= 11 is 5.78. The Labute approximate surface area is 233 Å². The van der Waals surface area contributed by atoms with E-state index < -0.39 is 11.7 Å². The first-order valence-electron chi connectivity index (χ1n) is 12.5. The summed E-state index contributed by atoms with van der Waals surface area (Å²) in [4.78, 5) is 58.5. The monoisotopic (exact) mass is 549 g/mol. The van der Waals surface area contributed by atoms with Crippen LogP contribution in [0.25, 0.3) is 10.9 Å². The number of nitrogens with one attached hydrogen (secondary N) is 1. The van der Waals surface area contributed by atoms with Crippen LogP contribution in [0.3, 0.4) is 0 Å². The van der Waals surface area contributed by atoms with Crippen LogP contribution < -0.4 is 4.90 Å². The Morgan fingerprint density at radius 2 is 1.67 bits per heavy atom. The average Bonchev–Trinajstić information content (AvgIpc) is 3.58. The van der Waals surface area contributed by atoms with Gasteiger partial charge in [0.1, 0.15) is 6.29 Å². The van der Waals surface area contributed by atoms with Crippen molar-refractivity contribution >= 4 is 52.2 Å². The molecule has 204 valence electrons. The third-order valence-electron chi connectivity index (χ3n) is 6.60. The molecular weight excluding hydrogens is 518 g/mol. The quantitative estimate of drug-likeness (QED) is 0.167. The number of benzene rings is 2. The standard InChI is InChI=1S/C20H24ClN5O3.C7H6O.C2H2/c1-23-7-9-24(10-8-23)19(28)18(27)15-13-22-17-14(15)3-2-4-16(17)26-12-11-25(6-5-21)20(26)29;8-6-7-4-2-1-3-5-7;1-2/h2-4,13,22H,5-12H2,1H3;1-6H;1-2H. The van der Waals surface area contributed by atoms with Gasteiger partial charge in [-0.15, -0.1) is 24.4 Å². The third-order valence-corrected chi connectivity index (χ3v) is 6.77. The molecule has 9 nitrogen and oxygen atoms in total. The number of nitrogens with zero attached hydrogens (tertiary/aromatic N) is 4. The highest BCUT2D eigenvalue weighted by Crippen LogP contribution is 2.31. The number of ketones is 1. The van der Waals surface area contributed by atoms with Crippen LogP contribution in [-0.4, -0.2) is 102 Å². The number of H-pyrrole nitrogens is 1. The molecule has 2 aliphatic rings. The predicted octanol–water partition coefficient (Wildman–Crippen LogP) is 3.35. The number of carbonyl (C=O) groups excluding carboxylic acids is 4. The molecule has 2 fully saturated rings. The summed E-state index contributed by atoms with van der Waals surface area (Å²) in [5.74, 6) is -0.608. The van der Waals surface area contributed by atoms with Crippen molar-refractivity contribution in [3.63, 3.8) is 0 Å². The lowest BCUT2D eigenvalue weighted by Gasteiger charge is -2.31. The molecule has 39 heavy (non-hydrogen) atoms. The number of likely N-dealkylation sites (N-methyl/N-ethyl adjacent to an activating group) is 1. The molecule has 0 unspecified atom stereocenters. The normalized spacial score (nSPS) is 15.3. The molecule has 2 aliphatic heterocycles. The molecule has 0 saturated carbocycles. The number of aromatic amines is 1. The number of aromatic nitrogens is 1. The SMILES string of the molecule is C#C.CN1CCN(C(=O)C(=O)c2c[nH]c3c(N4CCN(CCCl)C4=O)cccc23)CC1.O=Cc1ccccc1. The molecule has 0 atom stereocenters. The van der Waals surface area contributed by atoms with Crippen molar-refractivity contribution in [2.45, 2.75) is 0 Å². The maximum absolute atomic E-state index is 12.9. The number of fused-ring (bicyclic) bond motifs is 1. The van der Waals surface area contributed by atoms with E-state index in [1.165, 1.54) is 0 Å². The highest BCUT2D eigenvalue weighted by molar-refractivity contribution is 6.45. The highest BCUT2D eigenvalue weighted by atomic mass is 35.5. The second-order valence-corrected chi connectivity index (χ2v) is 9.34. The molecule has 10 heteroatoms. The number of terminal acetylenes is 1. The first kappa shape index (κ1) is 29.4. The molecule has 5 rings (SSSR count). The Morgan fingerprint density at radius 3 is 2.28 bits per heavy atom. The van der Waals surface area contributed by atoms with Crippen LogP contribution in [0.15, 0.2) is 54.7 Å². The molecule has 2 aromatic carbocycles. The molecule has 1 aromatic heterocycles. The fourth-order valence-corrected chi connectivity index (χ4v) is 4.67. The second kappa shape index (κ2) is 14.1. The summed E-state index contributed by atoms with van der Waals surface area (Å²) in [6.45, 7) is 4.27. The number of aldehydes is 1. The molecule has 0 aliphatic carbocycles. The summed E-state index contributed by atoms with van der Waals surface area (Å²) in [6, 6.07) is 14.4. The summed E-state index contributed by atoms with van der Waals surface area (Å²) in [5, 5.41) is 0.651. The van der Waals surface area contributed by atoms with E-state index in [9.17, 15) is 19.2 Å². The van der Waals surface area contributed by atoms with Gasteiger partial charge in [0.2, 0.25) is 0 Å². The van der Waals surface area contributed by atoms with Gasteiger partial charge >= 0.3 is 6.03 Å². The minimum atomic E-state index is -0.519. The maximum atomic E-state index is 12.9.